The average Bonchev–Trinajstić information content (AvgIpc) is 3.45. The van der Waals surface area contributed by atoms with Gasteiger partial charge in [0.25, 0.3) is 0 Å². The van der Waals surface area contributed by atoms with Crippen LogP contribution in [-0.2, 0) is 6.54 Å². The van der Waals surface area contributed by atoms with Crippen LogP contribution in [0.15, 0.2) is 76.8 Å². The van der Waals surface area contributed by atoms with Gasteiger partial charge in [-0.2, -0.15) is 10.1 Å². The van der Waals surface area contributed by atoms with Gasteiger partial charge in [-0.05, 0) is 81.7 Å². The molecule has 0 spiro atoms. The summed E-state index contributed by atoms with van der Waals surface area (Å²) in [6, 6.07) is 10.1. The number of guanidine groups is 1. The van der Waals surface area contributed by atoms with Gasteiger partial charge in [0.1, 0.15) is 5.84 Å². The first-order valence-electron chi connectivity index (χ1n) is 13.8. The minimum atomic E-state index is 0.223. The van der Waals surface area contributed by atoms with Crippen molar-refractivity contribution >= 4 is 11.8 Å². The molecule has 9 nitrogen and oxygen atoms in total. The third kappa shape index (κ3) is 7.18. The second-order valence-electron chi connectivity index (χ2n) is 10.4. The molecule has 0 atom stereocenters. The van der Waals surface area contributed by atoms with Crippen LogP contribution < -0.4 is 11.2 Å². The molecule has 0 saturated carbocycles. The third-order valence-electron chi connectivity index (χ3n) is 7.08. The number of likely N-dealkylation sites (tertiary alicyclic amines) is 1. The fourth-order valence-electron chi connectivity index (χ4n) is 5.00. The number of aliphatic imine (C=N–C) groups is 2. The molecule has 0 aliphatic carbocycles. The number of amidine groups is 1. The van der Waals surface area contributed by atoms with E-state index in [1.807, 2.05) is 35.2 Å². The van der Waals surface area contributed by atoms with Gasteiger partial charge in [0.2, 0.25) is 5.96 Å². The number of nitrogens with one attached hydrogen (secondary N) is 1. The lowest BCUT2D eigenvalue weighted by Crippen LogP contribution is -2.48. The average molecular weight is 518 g/mol. The standard InChI is InChI=1S/C29H43N9/c1-5-25(23(2)3)28-33-27(22-35(4)16-12-19-36-17-9-6-10-18-36)34-29(38(28)30)31-21-24-13-7-8-14-26(24)37-20-11-15-32-37/h5,7-8,11,13-15,20,23H,1,6,9-10,12,16-19,21-22,30H2,2-4H3,(H,31,33,34)/b28-25+. The van der Waals surface area contributed by atoms with Crippen LogP contribution in [0.4, 0.5) is 0 Å². The molecular weight excluding hydrogens is 474 g/mol. The van der Waals surface area contributed by atoms with Crippen LogP contribution >= 0.6 is 0 Å². The number of allylic oxidation sites excluding steroid dienone is 2. The molecule has 1 aromatic heterocycles. The molecular formula is C29H43N9. The van der Waals surface area contributed by atoms with E-state index in [0.29, 0.717) is 24.9 Å². The van der Waals surface area contributed by atoms with Gasteiger partial charge in [0, 0.05) is 18.9 Å². The lowest BCUT2D eigenvalue weighted by molar-refractivity contribution is 0.215. The molecule has 2 aliphatic rings. The van der Waals surface area contributed by atoms with Crippen molar-refractivity contribution in [3.05, 3.63) is 72.3 Å². The third-order valence-corrected chi connectivity index (χ3v) is 7.08. The largest absolute Gasteiger partial charge is 0.350 e. The number of aromatic nitrogens is 2. The summed E-state index contributed by atoms with van der Waals surface area (Å²) in [5.74, 6) is 8.80. The molecule has 1 aromatic carbocycles. The lowest BCUT2D eigenvalue weighted by Gasteiger charge is -2.30. The molecule has 4 rings (SSSR count). The zero-order valence-electron chi connectivity index (χ0n) is 23.2. The van der Waals surface area contributed by atoms with E-state index in [2.05, 4.69) is 59.8 Å². The predicted molar refractivity (Wildman–Crippen MR) is 156 cm³/mol. The maximum absolute atomic E-state index is 6.58. The van der Waals surface area contributed by atoms with E-state index in [0.717, 1.165) is 42.2 Å². The molecule has 2 aromatic rings. The monoisotopic (exact) mass is 517 g/mol. The fourth-order valence-corrected chi connectivity index (χ4v) is 5.00. The Bertz CT molecular complexity index is 1140. The first-order chi connectivity index (χ1) is 18.5. The number of rotatable bonds is 11. The van der Waals surface area contributed by atoms with Gasteiger partial charge in [0.15, 0.2) is 5.82 Å². The smallest absolute Gasteiger partial charge is 0.221 e. The first-order valence-corrected chi connectivity index (χ1v) is 13.8. The second kappa shape index (κ2) is 13.5. The minimum absolute atomic E-state index is 0.223. The van der Waals surface area contributed by atoms with Crippen molar-refractivity contribution < 1.29 is 0 Å². The van der Waals surface area contributed by atoms with E-state index in [1.54, 1.807) is 11.2 Å². The van der Waals surface area contributed by atoms with Crippen LogP contribution in [0.1, 0.15) is 45.1 Å². The summed E-state index contributed by atoms with van der Waals surface area (Å²) in [5, 5.41) is 9.41. The van der Waals surface area contributed by atoms with Gasteiger partial charge < -0.3 is 10.2 Å². The van der Waals surface area contributed by atoms with Crippen molar-refractivity contribution in [3.63, 3.8) is 0 Å². The molecule has 0 unspecified atom stereocenters. The summed E-state index contributed by atoms with van der Waals surface area (Å²) >= 11 is 0. The van der Waals surface area contributed by atoms with E-state index in [9.17, 15) is 0 Å². The van der Waals surface area contributed by atoms with E-state index in [1.165, 1.54) is 32.4 Å². The second-order valence-corrected chi connectivity index (χ2v) is 10.4. The van der Waals surface area contributed by atoms with Gasteiger partial charge in [-0.15, -0.1) is 0 Å². The van der Waals surface area contributed by atoms with Crippen molar-refractivity contribution in [2.24, 2.45) is 21.7 Å². The summed E-state index contributed by atoms with van der Waals surface area (Å²) in [6.07, 6.45) is 10.7. The van der Waals surface area contributed by atoms with Gasteiger partial charge in [0.05, 0.1) is 12.2 Å². The van der Waals surface area contributed by atoms with E-state index >= 15 is 0 Å². The molecule has 2 aliphatic heterocycles. The molecule has 1 fully saturated rings. The number of hydrogen-bond donors (Lipinski definition) is 2. The normalized spacial score (nSPS) is 18.0. The molecule has 0 bridgehead atoms. The molecule has 9 heteroatoms. The molecule has 204 valence electrons. The first kappa shape index (κ1) is 27.8. The van der Waals surface area contributed by atoms with Crippen molar-refractivity contribution in [1.82, 2.24) is 29.9 Å². The van der Waals surface area contributed by atoms with Gasteiger partial charge >= 0.3 is 0 Å². The summed E-state index contributed by atoms with van der Waals surface area (Å²) in [4.78, 5) is 14.6. The molecule has 1 saturated heterocycles. The summed E-state index contributed by atoms with van der Waals surface area (Å²) in [5.41, 5.74) is 3.09. The molecule has 3 N–H and O–H groups in total. The summed E-state index contributed by atoms with van der Waals surface area (Å²) in [6.45, 7) is 14.1. The fraction of sp³-hybridized carbons (Fsp3) is 0.483. The number of nitrogens with two attached hydrogens (primary N) is 1. The van der Waals surface area contributed by atoms with E-state index < -0.39 is 0 Å². The van der Waals surface area contributed by atoms with E-state index in [4.69, 9.17) is 15.8 Å². The number of benzene rings is 1. The highest BCUT2D eigenvalue weighted by Crippen LogP contribution is 2.22. The zero-order valence-corrected chi connectivity index (χ0v) is 23.2. The van der Waals surface area contributed by atoms with Crippen LogP contribution in [0.2, 0.25) is 0 Å². The highest BCUT2D eigenvalue weighted by molar-refractivity contribution is 6.00. The summed E-state index contributed by atoms with van der Waals surface area (Å²) in [7, 11) is 2.14. The predicted octanol–water partition coefficient (Wildman–Crippen LogP) is 3.77. The van der Waals surface area contributed by atoms with E-state index in [-0.39, 0.29) is 5.92 Å². The Kier molecular flexibility index (Phi) is 9.86. The Morgan fingerprint density at radius 2 is 1.95 bits per heavy atom. The van der Waals surface area contributed by atoms with Gasteiger partial charge in [-0.3, -0.25) is 4.90 Å². The van der Waals surface area contributed by atoms with Crippen LogP contribution in [0, 0.1) is 5.92 Å². The number of hydrazine groups is 1. The number of nitrogens with zero attached hydrogens (tertiary/aromatic N) is 7. The number of piperidine rings is 1. The van der Waals surface area contributed by atoms with Crippen molar-refractivity contribution in [2.45, 2.75) is 46.1 Å². The van der Waals surface area contributed by atoms with Crippen LogP contribution in [0.3, 0.4) is 0 Å². The van der Waals surface area contributed by atoms with Crippen molar-refractivity contribution in [1.29, 1.82) is 0 Å². The Balaban J connectivity index is 1.48. The molecule has 3 heterocycles. The van der Waals surface area contributed by atoms with Crippen LogP contribution in [-0.4, -0.2) is 76.2 Å². The molecule has 0 amide bonds. The number of likely N-dealkylation sites (N-methyl/N-ethyl adjacent to an activating group) is 1. The van der Waals surface area contributed by atoms with Crippen LogP contribution in [0.5, 0.6) is 0 Å². The summed E-state index contributed by atoms with van der Waals surface area (Å²) < 4.78 is 1.87. The van der Waals surface area contributed by atoms with Crippen molar-refractivity contribution in [3.8, 4) is 5.69 Å². The Morgan fingerprint density at radius 1 is 1.16 bits per heavy atom. The molecule has 38 heavy (non-hydrogen) atoms. The van der Waals surface area contributed by atoms with Crippen LogP contribution in [0.25, 0.3) is 5.69 Å². The molecule has 0 radical (unpaired) electrons. The Labute approximate surface area is 227 Å². The topological polar surface area (TPSA) is 90.3 Å². The highest BCUT2D eigenvalue weighted by Gasteiger charge is 2.24. The van der Waals surface area contributed by atoms with Crippen molar-refractivity contribution in [2.75, 3.05) is 39.8 Å². The maximum Gasteiger partial charge on any atom is 0.221 e. The van der Waals surface area contributed by atoms with Gasteiger partial charge in [-0.25, -0.2) is 20.5 Å². The minimum Gasteiger partial charge on any atom is -0.350 e. The number of para-hydroxylation sites is 1. The zero-order chi connectivity index (χ0) is 26.9. The number of hydrogen-bond acceptors (Lipinski definition) is 8. The Morgan fingerprint density at radius 3 is 2.66 bits per heavy atom. The maximum atomic E-state index is 6.58. The Hall–Kier alpha value is -3.27. The van der Waals surface area contributed by atoms with Gasteiger partial charge in [-0.1, -0.05) is 51.1 Å². The SMILES string of the molecule is C=C/C(=C1/N=C(CN(C)CCCN2CCCCC2)N=C(NCc2ccccc2-n2cccn2)N1N)C(C)C. The highest BCUT2D eigenvalue weighted by atomic mass is 15.5. The lowest BCUT2D eigenvalue weighted by atomic mass is 10.0. The quantitative estimate of drug-likeness (QED) is 0.441.